The van der Waals surface area contributed by atoms with E-state index in [1.165, 1.54) is 0 Å². The lowest BCUT2D eigenvalue weighted by Crippen LogP contribution is -2.57. The number of hydrogen-bond donors (Lipinski definition) is 1. The molecule has 0 radical (unpaired) electrons. The van der Waals surface area contributed by atoms with Crippen LogP contribution in [0.1, 0.15) is 12.0 Å². The molecule has 3 aliphatic heterocycles. The molecule has 1 unspecified atom stereocenters. The first-order valence-corrected chi connectivity index (χ1v) is 9.87. The van der Waals surface area contributed by atoms with Crippen LogP contribution in [-0.2, 0) is 20.9 Å². The van der Waals surface area contributed by atoms with E-state index in [-0.39, 0.29) is 37.4 Å². The number of nitrogens with one attached hydrogen (secondary N) is 1. The number of benzene rings is 1. The normalized spacial score (nSPS) is 26.2. The van der Waals surface area contributed by atoms with E-state index in [0.29, 0.717) is 12.6 Å². The van der Waals surface area contributed by atoms with Crippen molar-refractivity contribution >= 4 is 24.2 Å². The van der Waals surface area contributed by atoms with Gasteiger partial charge in [0.25, 0.3) is 0 Å². The standard InChI is InChI=1S/C20H28N4O3.ClH/c25-19-15-27-14-18(24(19)12-16-4-2-1-3-5-16)20(26)23-9-6-17(13-23)22-10-7-21-8-11-22;/h1-5,17-18,21H,6-15H2;1H/t17?,18-;/m1./s1. The van der Waals surface area contributed by atoms with Crippen LogP contribution in [0, 0.1) is 0 Å². The predicted molar refractivity (Wildman–Crippen MR) is 108 cm³/mol. The largest absolute Gasteiger partial charge is 0.369 e. The number of amides is 2. The smallest absolute Gasteiger partial charge is 0.249 e. The third kappa shape index (κ3) is 4.66. The summed E-state index contributed by atoms with van der Waals surface area (Å²) in [4.78, 5) is 31.8. The third-order valence-electron chi connectivity index (χ3n) is 5.82. The minimum atomic E-state index is -0.520. The van der Waals surface area contributed by atoms with Crippen molar-refractivity contribution < 1.29 is 14.3 Å². The second-order valence-electron chi connectivity index (χ2n) is 7.55. The average molecular weight is 409 g/mol. The summed E-state index contributed by atoms with van der Waals surface area (Å²) in [6, 6.07) is 9.74. The third-order valence-corrected chi connectivity index (χ3v) is 5.82. The number of morpholine rings is 1. The van der Waals surface area contributed by atoms with E-state index < -0.39 is 6.04 Å². The monoisotopic (exact) mass is 408 g/mol. The first kappa shape index (κ1) is 21.0. The van der Waals surface area contributed by atoms with Crippen LogP contribution in [0.2, 0.25) is 0 Å². The van der Waals surface area contributed by atoms with Crippen molar-refractivity contribution in [2.75, 3.05) is 52.5 Å². The van der Waals surface area contributed by atoms with Crippen LogP contribution in [0.3, 0.4) is 0 Å². The number of likely N-dealkylation sites (tertiary alicyclic amines) is 1. The SMILES string of the molecule is Cl.O=C([C@H]1COCC(=O)N1Cc1ccccc1)N1CCC(N2CCNCC2)C1. The summed E-state index contributed by atoms with van der Waals surface area (Å²) < 4.78 is 5.43. The molecule has 8 heteroatoms. The Bertz CT molecular complexity index is 669. The zero-order chi connectivity index (χ0) is 18.6. The van der Waals surface area contributed by atoms with Gasteiger partial charge in [-0.3, -0.25) is 14.5 Å². The molecule has 1 aromatic carbocycles. The van der Waals surface area contributed by atoms with Crippen LogP contribution in [-0.4, -0.2) is 91.1 Å². The van der Waals surface area contributed by atoms with Crippen molar-refractivity contribution in [3.63, 3.8) is 0 Å². The van der Waals surface area contributed by atoms with Crippen molar-refractivity contribution in [1.29, 1.82) is 0 Å². The molecule has 0 saturated carbocycles. The van der Waals surface area contributed by atoms with E-state index in [1.807, 2.05) is 35.2 Å². The van der Waals surface area contributed by atoms with Crippen LogP contribution < -0.4 is 5.32 Å². The van der Waals surface area contributed by atoms with Gasteiger partial charge < -0.3 is 19.9 Å². The van der Waals surface area contributed by atoms with E-state index in [9.17, 15) is 9.59 Å². The number of carbonyl (C=O) groups is 2. The van der Waals surface area contributed by atoms with Gasteiger partial charge in [-0.25, -0.2) is 0 Å². The highest BCUT2D eigenvalue weighted by Gasteiger charge is 2.39. The molecule has 2 amide bonds. The van der Waals surface area contributed by atoms with Gasteiger partial charge in [-0.1, -0.05) is 30.3 Å². The zero-order valence-electron chi connectivity index (χ0n) is 16.1. The summed E-state index contributed by atoms with van der Waals surface area (Å²) in [7, 11) is 0. The number of ether oxygens (including phenoxy) is 1. The fourth-order valence-corrected chi connectivity index (χ4v) is 4.29. The average Bonchev–Trinajstić information content (AvgIpc) is 3.21. The molecular weight excluding hydrogens is 380 g/mol. The number of halogens is 1. The fourth-order valence-electron chi connectivity index (χ4n) is 4.29. The van der Waals surface area contributed by atoms with Gasteiger partial charge in [0.15, 0.2) is 0 Å². The maximum absolute atomic E-state index is 13.2. The maximum Gasteiger partial charge on any atom is 0.249 e. The maximum atomic E-state index is 13.2. The van der Waals surface area contributed by atoms with Gasteiger partial charge in [-0.15, -0.1) is 12.4 Å². The van der Waals surface area contributed by atoms with E-state index in [0.717, 1.165) is 51.3 Å². The molecule has 0 spiro atoms. The molecule has 0 bridgehead atoms. The molecule has 1 aromatic rings. The Morgan fingerprint density at radius 3 is 2.64 bits per heavy atom. The van der Waals surface area contributed by atoms with Gasteiger partial charge in [0, 0.05) is 51.9 Å². The lowest BCUT2D eigenvalue weighted by Gasteiger charge is -2.37. The van der Waals surface area contributed by atoms with Gasteiger partial charge in [-0.2, -0.15) is 0 Å². The minimum Gasteiger partial charge on any atom is -0.369 e. The van der Waals surface area contributed by atoms with Crippen LogP contribution in [0.5, 0.6) is 0 Å². The summed E-state index contributed by atoms with van der Waals surface area (Å²) in [6.45, 7) is 6.41. The van der Waals surface area contributed by atoms with Gasteiger partial charge in [0.1, 0.15) is 12.6 Å². The quantitative estimate of drug-likeness (QED) is 0.778. The van der Waals surface area contributed by atoms with E-state index in [1.54, 1.807) is 4.90 Å². The van der Waals surface area contributed by atoms with Crippen molar-refractivity contribution in [3.8, 4) is 0 Å². The molecule has 154 valence electrons. The topological polar surface area (TPSA) is 65.1 Å². The molecule has 3 fully saturated rings. The Balaban J connectivity index is 0.00000225. The van der Waals surface area contributed by atoms with Gasteiger partial charge in [-0.05, 0) is 12.0 Å². The number of piperazine rings is 1. The molecule has 1 N–H and O–H groups in total. The fraction of sp³-hybridized carbons (Fsp3) is 0.600. The Morgan fingerprint density at radius 1 is 1.14 bits per heavy atom. The lowest BCUT2D eigenvalue weighted by molar-refractivity contribution is -0.159. The first-order valence-electron chi connectivity index (χ1n) is 9.87. The summed E-state index contributed by atoms with van der Waals surface area (Å²) >= 11 is 0. The first-order chi connectivity index (χ1) is 13.2. The molecule has 3 aliphatic rings. The number of hydrogen-bond acceptors (Lipinski definition) is 5. The van der Waals surface area contributed by atoms with Crippen molar-refractivity contribution in [2.45, 2.75) is 25.0 Å². The zero-order valence-corrected chi connectivity index (χ0v) is 16.9. The van der Waals surface area contributed by atoms with Gasteiger partial charge in [0.05, 0.1) is 6.61 Å². The molecule has 4 rings (SSSR count). The number of nitrogens with zero attached hydrogens (tertiary/aromatic N) is 3. The summed E-state index contributed by atoms with van der Waals surface area (Å²) in [5.74, 6) is -0.0853. The highest BCUT2D eigenvalue weighted by atomic mass is 35.5. The van der Waals surface area contributed by atoms with Gasteiger partial charge in [0.2, 0.25) is 11.8 Å². The molecule has 3 saturated heterocycles. The molecule has 3 heterocycles. The lowest BCUT2D eigenvalue weighted by atomic mass is 10.1. The Hall–Kier alpha value is -1.67. The molecule has 0 aromatic heterocycles. The van der Waals surface area contributed by atoms with Crippen LogP contribution in [0.25, 0.3) is 0 Å². The van der Waals surface area contributed by atoms with Crippen LogP contribution >= 0.6 is 12.4 Å². The second-order valence-corrected chi connectivity index (χ2v) is 7.55. The summed E-state index contributed by atoms with van der Waals surface area (Å²) in [6.07, 6.45) is 1.01. The molecule has 7 nitrogen and oxygen atoms in total. The van der Waals surface area contributed by atoms with E-state index >= 15 is 0 Å². The molecule has 28 heavy (non-hydrogen) atoms. The Kier molecular flexibility index (Phi) is 7.29. The van der Waals surface area contributed by atoms with E-state index in [4.69, 9.17) is 4.74 Å². The Labute approximate surface area is 172 Å². The Morgan fingerprint density at radius 2 is 1.89 bits per heavy atom. The van der Waals surface area contributed by atoms with E-state index in [2.05, 4.69) is 10.2 Å². The number of carbonyl (C=O) groups excluding carboxylic acids is 2. The molecule has 2 atom stereocenters. The molecule has 0 aliphatic carbocycles. The summed E-state index contributed by atoms with van der Waals surface area (Å²) in [5.41, 5.74) is 1.03. The number of rotatable bonds is 4. The van der Waals surface area contributed by atoms with Crippen molar-refractivity contribution in [3.05, 3.63) is 35.9 Å². The minimum absolute atomic E-state index is 0. The summed E-state index contributed by atoms with van der Waals surface area (Å²) in [5, 5.41) is 3.37. The molecular formula is C20H29ClN4O3. The predicted octanol–water partition coefficient (Wildman–Crippen LogP) is 0.342. The second kappa shape index (κ2) is 9.69. The van der Waals surface area contributed by atoms with Crippen molar-refractivity contribution in [2.24, 2.45) is 0 Å². The van der Waals surface area contributed by atoms with Crippen molar-refractivity contribution in [1.82, 2.24) is 20.0 Å². The van der Waals surface area contributed by atoms with Crippen LogP contribution in [0.4, 0.5) is 0 Å². The van der Waals surface area contributed by atoms with Crippen LogP contribution in [0.15, 0.2) is 30.3 Å². The van der Waals surface area contributed by atoms with Gasteiger partial charge >= 0.3 is 0 Å². The highest BCUT2D eigenvalue weighted by Crippen LogP contribution is 2.21. The highest BCUT2D eigenvalue weighted by molar-refractivity contribution is 5.89.